The van der Waals surface area contributed by atoms with Crippen molar-refractivity contribution >= 4 is 22.7 Å². The third kappa shape index (κ3) is 3.19. The molecule has 3 rings (SSSR count). The van der Waals surface area contributed by atoms with Crippen LogP contribution in [-0.4, -0.2) is 11.2 Å². The molecule has 23 heavy (non-hydrogen) atoms. The fourth-order valence-corrected chi connectivity index (χ4v) is 2.56. The zero-order valence-electron chi connectivity index (χ0n) is 13.5. The van der Waals surface area contributed by atoms with Crippen LogP contribution in [0.4, 0.5) is 0 Å². The van der Waals surface area contributed by atoms with E-state index in [-0.39, 0.29) is 0 Å². The van der Waals surface area contributed by atoms with Crippen molar-refractivity contribution in [3.63, 3.8) is 0 Å². The maximum Gasteiger partial charge on any atom is 0.237 e. The van der Waals surface area contributed by atoms with Crippen molar-refractivity contribution in [3.8, 4) is 5.69 Å². The minimum atomic E-state index is 0.669. The van der Waals surface area contributed by atoms with E-state index in [0.29, 0.717) is 6.54 Å². The number of aromatic nitrogens is 2. The second kappa shape index (κ2) is 6.53. The largest absolute Gasteiger partial charge is 0.293 e. The van der Waals surface area contributed by atoms with Gasteiger partial charge >= 0.3 is 0 Å². The Balaban J connectivity index is 2.11. The molecule has 0 spiro atoms. The average molecular weight is 302 g/mol. The highest BCUT2D eigenvalue weighted by molar-refractivity contribution is 5.85. The van der Waals surface area contributed by atoms with Crippen molar-refractivity contribution in [1.29, 1.82) is 0 Å². The van der Waals surface area contributed by atoms with E-state index in [9.17, 15) is 0 Å². The molecule has 3 heteroatoms. The third-order valence-electron chi connectivity index (χ3n) is 3.77. The van der Waals surface area contributed by atoms with Crippen LogP contribution in [0.25, 0.3) is 22.2 Å². The fraction of sp³-hybridized carbons (Fsp3) is 0.150. The number of benzene rings is 1. The van der Waals surface area contributed by atoms with Gasteiger partial charge in [0.15, 0.2) is 12.4 Å². The summed E-state index contributed by atoms with van der Waals surface area (Å²) >= 11 is 0. The molecule has 2 aromatic heterocycles. The van der Waals surface area contributed by atoms with Gasteiger partial charge in [0.25, 0.3) is 0 Å². The number of allylic oxidation sites excluding steroid dienone is 1. The third-order valence-corrected chi connectivity index (χ3v) is 3.77. The second-order valence-electron chi connectivity index (χ2n) is 5.57. The number of nitrogens with zero attached hydrogens (tertiary/aromatic N) is 3. The lowest BCUT2D eigenvalue weighted by Gasteiger charge is -2.04. The Hall–Kier alpha value is -2.81. The molecule has 0 N–H and O–H groups in total. The van der Waals surface area contributed by atoms with Gasteiger partial charge in [0.1, 0.15) is 5.52 Å². The van der Waals surface area contributed by atoms with Gasteiger partial charge in [-0.05, 0) is 43.3 Å². The molecule has 0 amide bonds. The Bertz CT molecular complexity index is 894. The Morgan fingerprint density at radius 2 is 2.17 bits per heavy atom. The van der Waals surface area contributed by atoms with Crippen LogP contribution in [0.1, 0.15) is 25.0 Å². The van der Waals surface area contributed by atoms with E-state index in [0.717, 1.165) is 33.3 Å². The van der Waals surface area contributed by atoms with Crippen LogP contribution in [0.2, 0.25) is 0 Å². The van der Waals surface area contributed by atoms with Gasteiger partial charge < -0.3 is 0 Å². The topological polar surface area (TPSA) is 29.1 Å². The van der Waals surface area contributed by atoms with E-state index in [1.165, 1.54) is 0 Å². The van der Waals surface area contributed by atoms with Crippen LogP contribution in [-0.2, 0) is 6.54 Å². The van der Waals surface area contributed by atoms with E-state index in [2.05, 4.69) is 57.7 Å². The fourth-order valence-electron chi connectivity index (χ4n) is 2.56. The van der Waals surface area contributed by atoms with Crippen molar-refractivity contribution in [1.82, 2.24) is 4.98 Å². The minimum Gasteiger partial charge on any atom is -0.293 e. The van der Waals surface area contributed by atoms with Crippen molar-refractivity contribution in [3.05, 3.63) is 72.7 Å². The van der Waals surface area contributed by atoms with Gasteiger partial charge in [0.05, 0.1) is 6.54 Å². The molecule has 1 aromatic carbocycles. The van der Waals surface area contributed by atoms with Crippen LogP contribution < -0.4 is 4.57 Å². The summed E-state index contributed by atoms with van der Waals surface area (Å²) in [7, 11) is 0. The summed E-state index contributed by atoms with van der Waals surface area (Å²) in [5.74, 6) is 0. The molecule has 3 aromatic rings. The maximum absolute atomic E-state index is 4.67. The molecule has 0 atom stereocenters. The van der Waals surface area contributed by atoms with E-state index < -0.39 is 0 Å². The highest BCUT2D eigenvalue weighted by Crippen LogP contribution is 2.19. The van der Waals surface area contributed by atoms with Gasteiger partial charge in [0.2, 0.25) is 5.69 Å². The lowest BCUT2D eigenvalue weighted by molar-refractivity contribution is -0.594. The van der Waals surface area contributed by atoms with Gasteiger partial charge in [-0.15, -0.1) is 0 Å². The quantitative estimate of drug-likeness (QED) is 0.526. The molecule has 0 aliphatic carbocycles. The number of para-hydroxylation sites is 1. The number of rotatable bonds is 4. The number of hydrogen-bond donors (Lipinski definition) is 0. The molecule has 0 saturated heterocycles. The average Bonchev–Trinajstić information content (AvgIpc) is 2.59. The van der Waals surface area contributed by atoms with Crippen LogP contribution >= 0.6 is 0 Å². The number of hydrogen-bond acceptors (Lipinski definition) is 2. The van der Waals surface area contributed by atoms with Gasteiger partial charge in [-0.1, -0.05) is 18.7 Å². The molecule has 0 fully saturated rings. The summed E-state index contributed by atoms with van der Waals surface area (Å²) in [6.07, 6.45) is 7.85. The van der Waals surface area contributed by atoms with Crippen molar-refractivity contribution in [2.45, 2.75) is 20.4 Å². The minimum absolute atomic E-state index is 0.669. The molecule has 0 aliphatic rings. The monoisotopic (exact) mass is 302 g/mol. The Morgan fingerprint density at radius 3 is 2.96 bits per heavy atom. The summed E-state index contributed by atoms with van der Waals surface area (Å²) in [5, 5.41) is 1.12. The number of pyridine rings is 2. The first kappa shape index (κ1) is 15.1. The smallest absolute Gasteiger partial charge is 0.237 e. The zero-order valence-corrected chi connectivity index (χ0v) is 13.5. The molecule has 0 bridgehead atoms. The van der Waals surface area contributed by atoms with Gasteiger partial charge in [-0.25, -0.2) is 4.98 Å². The van der Waals surface area contributed by atoms with E-state index in [1.807, 2.05) is 38.5 Å². The summed E-state index contributed by atoms with van der Waals surface area (Å²) in [6, 6.07) is 12.5. The van der Waals surface area contributed by atoms with Crippen molar-refractivity contribution in [2.75, 3.05) is 0 Å². The molecule has 0 unspecified atom stereocenters. The van der Waals surface area contributed by atoms with E-state index in [1.54, 1.807) is 0 Å². The standard InChI is InChI=1S/C20H20N3/c1-4-21-12-16-11-17-7-5-9-19(20(17)22-13-16)23-10-6-8-18(14-23)15(2)3/h4-11,13-14H,2,12H2,1,3H3/q+1. The molecular weight excluding hydrogens is 282 g/mol. The molecule has 0 saturated carbocycles. The Kier molecular flexibility index (Phi) is 4.29. The molecule has 114 valence electrons. The summed E-state index contributed by atoms with van der Waals surface area (Å²) < 4.78 is 2.10. The van der Waals surface area contributed by atoms with Crippen molar-refractivity contribution < 1.29 is 4.57 Å². The predicted molar refractivity (Wildman–Crippen MR) is 95.9 cm³/mol. The van der Waals surface area contributed by atoms with Gasteiger partial charge in [0, 0.05) is 29.3 Å². The lowest BCUT2D eigenvalue weighted by Crippen LogP contribution is -2.30. The highest BCUT2D eigenvalue weighted by atomic mass is 15.0. The predicted octanol–water partition coefficient (Wildman–Crippen LogP) is 4.14. The first-order valence-corrected chi connectivity index (χ1v) is 7.68. The van der Waals surface area contributed by atoms with E-state index in [4.69, 9.17) is 0 Å². The normalized spacial score (nSPS) is 11.2. The van der Waals surface area contributed by atoms with Crippen molar-refractivity contribution in [2.24, 2.45) is 4.99 Å². The van der Waals surface area contributed by atoms with Crippen LogP contribution in [0.3, 0.4) is 0 Å². The number of fused-ring (bicyclic) bond motifs is 1. The number of aliphatic imine (C=N–C) groups is 1. The van der Waals surface area contributed by atoms with Crippen LogP contribution in [0.15, 0.2) is 66.6 Å². The first-order chi connectivity index (χ1) is 11.2. The van der Waals surface area contributed by atoms with Crippen LogP contribution in [0, 0.1) is 0 Å². The molecule has 3 nitrogen and oxygen atoms in total. The van der Waals surface area contributed by atoms with Gasteiger partial charge in [-0.2, -0.15) is 4.57 Å². The summed E-state index contributed by atoms with van der Waals surface area (Å²) in [5.41, 5.74) is 5.34. The zero-order chi connectivity index (χ0) is 16.2. The lowest BCUT2D eigenvalue weighted by atomic mass is 10.1. The Morgan fingerprint density at radius 1 is 1.30 bits per heavy atom. The molecule has 0 aliphatic heterocycles. The van der Waals surface area contributed by atoms with Gasteiger partial charge in [-0.3, -0.25) is 4.99 Å². The summed E-state index contributed by atoms with van der Waals surface area (Å²) in [6.45, 7) is 8.63. The maximum atomic E-state index is 4.67. The Labute approximate surface area is 136 Å². The summed E-state index contributed by atoms with van der Waals surface area (Å²) in [4.78, 5) is 8.95. The molecular formula is C20H20N3+. The molecule has 2 heterocycles. The van der Waals surface area contributed by atoms with E-state index >= 15 is 0 Å². The molecule has 0 radical (unpaired) electrons. The highest BCUT2D eigenvalue weighted by Gasteiger charge is 2.13. The SMILES string of the molecule is C=C(C)c1ccc[n+](-c2cccc3cc(CN=CC)cnc23)c1. The first-order valence-electron chi connectivity index (χ1n) is 7.68. The van der Waals surface area contributed by atoms with Crippen LogP contribution in [0.5, 0.6) is 0 Å². The second-order valence-corrected chi connectivity index (χ2v) is 5.57.